The van der Waals surface area contributed by atoms with Gasteiger partial charge in [-0.3, -0.25) is 4.21 Å². The molecule has 2 atom stereocenters. The van der Waals surface area contributed by atoms with E-state index >= 15 is 0 Å². The van der Waals surface area contributed by atoms with Crippen molar-refractivity contribution < 1.29 is 4.21 Å². The Labute approximate surface area is 105 Å². The molecule has 1 fully saturated rings. The van der Waals surface area contributed by atoms with Crippen molar-refractivity contribution in [1.82, 2.24) is 14.9 Å². The smallest absolute Gasteiger partial charge is 0.0948 e. The van der Waals surface area contributed by atoms with Crippen molar-refractivity contribution in [2.24, 2.45) is 0 Å². The predicted molar refractivity (Wildman–Crippen MR) is 70.2 cm³/mol. The van der Waals surface area contributed by atoms with Crippen LogP contribution in [0.25, 0.3) is 0 Å². The van der Waals surface area contributed by atoms with Gasteiger partial charge < -0.3 is 9.88 Å². The molecule has 1 aliphatic carbocycles. The summed E-state index contributed by atoms with van der Waals surface area (Å²) in [6.07, 6.45) is 9.11. The zero-order chi connectivity index (χ0) is 12.3. The van der Waals surface area contributed by atoms with E-state index in [1.54, 1.807) is 6.26 Å². The first-order chi connectivity index (χ1) is 8.16. The molecule has 96 valence electrons. The predicted octanol–water partition coefficient (Wildman–Crippen LogP) is 1.29. The molecular formula is C12H21N3OS. The fraction of sp³-hybridized carbons (Fsp3) is 0.750. The Kier molecular flexibility index (Phi) is 4.34. The van der Waals surface area contributed by atoms with Crippen molar-refractivity contribution in [3.8, 4) is 0 Å². The first kappa shape index (κ1) is 12.8. The Balaban J connectivity index is 1.82. The van der Waals surface area contributed by atoms with E-state index in [1.807, 2.05) is 19.4 Å². The summed E-state index contributed by atoms with van der Waals surface area (Å²) >= 11 is 0. The highest BCUT2D eigenvalue weighted by atomic mass is 32.2. The molecular weight excluding hydrogens is 234 g/mol. The van der Waals surface area contributed by atoms with Crippen LogP contribution in [0.15, 0.2) is 12.5 Å². The third-order valence-electron chi connectivity index (χ3n) is 3.29. The van der Waals surface area contributed by atoms with Gasteiger partial charge in [-0.2, -0.15) is 0 Å². The fourth-order valence-corrected chi connectivity index (χ4v) is 2.16. The number of aromatic nitrogens is 2. The van der Waals surface area contributed by atoms with Gasteiger partial charge in [0.25, 0.3) is 0 Å². The minimum absolute atomic E-state index is 0.252. The van der Waals surface area contributed by atoms with Gasteiger partial charge in [-0.1, -0.05) is 6.92 Å². The lowest BCUT2D eigenvalue weighted by Crippen LogP contribution is -2.19. The van der Waals surface area contributed by atoms with Crippen molar-refractivity contribution in [2.45, 2.75) is 50.6 Å². The molecule has 0 radical (unpaired) electrons. The summed E-state index contributed by atoms with van der Waals surface area (Å²) in [5, 5.41) is 3.74. The number of rotatable bonds is 7. The van der Waals surface area contributed by atoms with Crippen LogP contribution in [0, 0.1) is 0 Å². The van der Waals surface area contributed by atoms with E-state index in [4.69, 9.17) is 0 Å². The fourth-order valence-electron chi connectivity index (χ4n) is 1.72. The molecule has 2 unspecified atom stereocenters. The lowest BCUT2D eigenvalue weighted by Gasteiger charge is -2.11. The second kappa shape index (κ2) is 5.78. The monoisotopic (exact) mass is 255 g/mol. The van der Waals surface area contributed by atoms with Gasteiger partial charge in [-0.25, -0.2) is 4.98 Å². The Hall–Kier alpha value is -0.680. The van der Waals surface area contributed by atoms with Crippen molar-refractivity contribution in [1.29, 1.82) is 0 Å². The molecule has 1 heterocycles. The van der Waals surface area contributed by atoms with Crippen LogP contribution in [0.2, 0.25) is 0 Å². The van der Waals surface area contributed by atoms with Gasteiger partial charge in [0.05, 0.1) is 12.0 Å². The van der Waals surface area contributed by atoms with Gasteiger partial charge in [0.1, 0.15) is 0 Å². The van der Waals surface area contributed by atoms with Crippen LogP contribution in [0.5, 0.6) is 0 Å². The van der Waals surface area contributed by atoms with Crippen LogP contribution in [-0.4, -0.2) is 31.3 Å². The highest BCUT2D eigenvalue weighted by Gasteiger charge is 2.20. The van der Waals surface area contributed by atoms with Crippen molar-refractivity contribution in [3.63, 3.8) is 0 Å². The molecule has 1 aromatic rings. The third kappa shape index (κ3) is 3.92. The maximum absolute atomic E-state index is 11.3. The SMILES string of the molecule is CC(CCn1cncc1CNC1CC1)S(C)=O. The summed E-state index contributed by atoms with van der Waals surface area (Å²) in [5.41, 5.74) is 1.23. The number of hydrogen-bond acceptors (Lipinski definition) is 3. The molecule has 1 saturated carbocycles. The van der Waals surface area contributed by atoms with E-state index in [-0.39, 0.29) is 5.25 Å². The molecule has 0 spiro atoms. The van der Waals surface area contributed by atoms with Crippen LogP contribution >= 0.6 is 0 Å². The average Bonchev–Trinajstić information content (AvgIpc) is 3.02. The highest BCUT2D eigenvalue weighted by molar-refractivity contribution is 7.84. The molecule has 1 aliphatic rings. The first-order valence-corrected chi connectivity index (χ1v) is 7.83. The van der Waals surface area contributed by atoms with Gasteiger partial charge >= 0.3 is 0 Å². The quantitative estimate of drug-likeness (QED) is 0.798. The van der Waals surface area contributed by atoms with Gasteiger partial charge in [0, 0.05) is 47.6 Å². The van der Waals surface area contributed by atoms with Crippen LogP contribution < -0.4 is 5.32 Å². The summed E-state index contributed by atoms with van der Waals surface area (Å²) < 4.78 is 13.5. The molecule has 5 heteroatoms. The molecule has 1 aromatic heterocycles. The van der Waals surface area contributed by atoms with Crippen molar-refractivity contribution >= 4 is 10.8 Å². The Morgan fingerprint density at radius 2 is 2.41 bits per heavy atom. The molecule has 4 nitrogen and oxygen atoms in total. The zero-order valence-electron chi connectivity index (χ0n) is 10.6. The first-order valence-electron chi connectivity index (χ1n) is 6.21. The van der Waals surface area contributed by atoms with Gasteiger partial charge in [0.2, 0.25) is 0 Å². The Morgan fingerprint density at radius 3 is 3.06 bits per heavy atom. The molecule has 0 aliphatic heterocycles. The van der Waals surface area contributed by atoms with Crippen LogP contribution in [0.4, 0.5) is 0 Å². The van der Waals surface area contributed by atoms with E-state index in [0.29, 0.717) is 0 Å². The summed E-state index contributed by atoms with van der Waals surface area (Å²) in [7, 11) is -0.729. The number of hydrogen-bond donors (Lipinski definition) is 1. The van der Waals surface area contributed by atoms with Crippen molar-refractivity contribution in [2.75, 3.05) is 6.26 Å². The largest absolute Gasteiger partial charge is 0.333 e. The van der Waals surface area contributed by atoms with E-state index < -0.39 is 10.8 Å². The minimum atomic E-state index is -0.729. The standard InChI is InChI=1S/C12H21N3OS/c1-10(17(2)16)5-6-15-9-13-7-12(15)8-14-11-3-4-11/h7,9-11,14H,3-6,8H2,1-2H3. The zero-order valence-corrected chi connectivity index (χ0v) is 11.4. The second-order valence-corrected chi connectivity index (χ2v) is 6.63. The normalized spacial score (nSPS) is 19.2. The average molecular weight is 255 g/mol. The Bertz CT molecular complexity index is 387. The molecule has 1 N–H and O–H groups in total. The summed E-state index contributed by atoms with van der Waals surface area (Å²) in [6, 6.07) is 0.723. The van der Waals surface area contributed by atoms with E-state index in [0.717, 1.165) is 25.6 Å². The van der Waals surface area contributed by atoms with Gasteiger partial charge in [-0.15, -0.1) is 0 Å². The Morgan fingerprint density at radius 1 is 1.65 bits per heavy atom. The molecule has 0 bridgehead atoms. The van der Waals surface area contributed by atoms with Gasteiger partial charge in [-0.05, 0) is 19.3 Å². The molecule has 0 saturated heterocycles. The second-order valence-electron chi connectivity index (χ2n) is 4.83. The number of imidazole rings is 1. The minimum Gasteiger partial charge on any atom is -0.333 e. The van der Waals surface area contributed by atoms with Gasteiger partial charge in [0.15, 0.2) is 0 Å². The molecule has 17 heavy (non-hydrogen) atoms. The number of nitrogens with zero attached hydrogens (tertiary/aromatic N) is 2. The summed E-state index contributed by atoms with van der Waals surface area (Å²) in [6.45, 7) is 3.84. The topological polar surface area (TPSA) is 46.9 Å². The lowest BCUT2D eigenvalue weighted by atomic mass is 10.3. The number of aryl methyl sites for hydroxylation is 1. The van der Waals surface area contributed by atoms with E-state index in [2.05, 4.69) is 14.9 Å². The summed E-state index contributed by atoms with van der Waals surface area (Å²) in [4.78, 5) is 4.19. The highest BCUT2D eigenvalue weighted by Crippen LogP contribution is 2.19. The lowest BCUT2D eigenvalue weighted by molar-refractivity contribution is 0.576. The van der Waals surface area contributed by atoms with Crippen LogP contribution in [-0.2, 0) is 23.9 Å². The van der Waals surface area contributed by atoms with Crippen molar-refractivity contribution in [3.05, 3.63) is 18.2 Å². The molecule has 0 amide bonds. The number of nitrogens with one attached hydrogen (secondary N) is 1. The maximum atomic E-state index is 11.3. The third-order valence-corrected chi connectivity index (χ3v) is 4.66. The van der Waals surface area contributed by atoms with Crippen LogP contribution in [0.1, 0.15) is 31.9 Å². The van der Waals surface area contributed by atoms with Crippen LogP contribution in [0.3, 0.4) is 0 Å². The summed E-state index contributed by atoms with van der Waals surface area (Å²) in [5.74, 6) is 0. The molecule has 0 aromatic carbocycles. The maximum Gasteiger partial charge on any atom is 0.0948 e. The van der Waals surface area contributed by atoms with E-state index in [9.17, 15) is 4.21 Å². The van der Waals surface area contributed by atoms with E-state index in [1.165, 1.54) is 18.5 Å². The molecule has 2 rings (SSSR count).